The maximum Gasteiger partial charge on any atom is 0.134 e. The Bertz CT molecular complexity index is 837. The van der Waals surface area contributed by atoms with Crippen LogP contribution in [0.1, 0.15) is 22.6 Å². The molecule has 2 atom stereocenters. The van der Waals surface area contributed by atoms with Crippen LogP contribution in [0.2, 0.25) is 10.0 Å². The number of aryl methyl sites for hydroxylation is 1. The Balaban J connectivity index is 1.82. The highest BCUT2D eigenvalue weighted by atomic mass is 35.5. The lowest BCUT2D eigenvalue weighted by molar-refractivity contribution is 0.946. The van der Waals surface area contributed by atoms with Crippen LogP contribution in [0.3, 0.4) is 0 Å². The predicted octanol–water partition coefficient (Wildman–Crippen LogP) is 7.46. The number of allylic oxidation sites excluding steroid dienone is 1. The van der Waals surface area contributed by atoms with Crippen molar-refractivity contribution in [3.05, 3.63) is 82.0 Å². The van der Waals surface area contributed by atoms with Crippen molar-refractivity contribution in [1.82, 2.24) is 0 Å². The van der Waals surface area contributed by atoms with Crippen LogP contribution in [-0.2, 0) is 0 Å². The zero-order valence-corrected chi connectivity index (χ0v) is 16.6. The molecule has 5 heteroatoms. The van der Waals surface area contributed by atoms with Gasteiger partial charge in [0.25, 0.3) is 0 Å². The average Bonchev–Trinajstić information content (AvgIpc) is 3.11. The van der Waals surface area contributed by atoms with E-state index in [9.17, 15) is 0 Å². The highest BCUT2D eigenvalue weighted by Gasteiger charge is 2.65. The van der Waals surface area contributed by atoms with Crippen LogP contribution >= 0.6 is 46.4 Å². The van der Waals surface area contributed by atoms with Crippen LogP contribution in [0.5, 0.6) is 0 Å². The number of nitrogens with one attached hydrogen (secondary N) is 1. The van der Waals surface area contributed by atoms with Crippen LogP contribution < -0.4 is 5.32 Å². The smallest absolute Gasteiger partial charge is 0.134 e. The minimum atomic E-state index is -0.908. The second-order valence-corrected chi connectivity index (χ2v) is 8.57. The van der Waals surface area contributed by atoms with Gasteiger partial charge in [0, 0.05) is 33.3 Å². The van der Waals surface area contributed by atoms with Crippen LogP contribution in [-0.4, -0.2) is 4.33 Å². The van der Waals surface area contributed by atoms with Gasteiger partial charge in [-0.25, -0.2) is 0 Å². The van der Waals surface area contributed by atoms with Gasteiger partial charge in [-0.2, -0.15) is 0 Å². The molecule has 1 N–H and O–H groups in total. The lowest BCUT2D eigenvalue weighted by Gasteiger charge is -2.11. The highest BCUT2D eigenvalue weighted by molar-refractivity contribution is 6.52. The first kappa shape index (κ1) is 18.7. The van der Waals surface area contributed by atoms with Gasteiger partial charge in [-0.15, -0.1) is 23.2 Å². The molecule has 1 fully saturated rings. The van der Waals surface area contributed by atoms with Gasteiger partial charge in [-0.1, -0.05) is 48.5 Å². The number of hydrogen-bond acceptors (Lipinski definition) is 1. The Hall–Kier alpha value is -1.12. The molecule has 0 amide bonds. The summed E-state index contributed by atoms with van der Waals surface area (Å²) in [6, 6.07) is 11.5. The van der Waals surface area contributed by atoms with Crippen molar-refractivity contribution in [2.75, 3.05) is 5.32 Å². The quantitative estimate of drug-likeness (QED) is 0.502. The topological polar surface area (TPSA) is 12.0 Å². The fraction of sp³-hybridized carbons (Fsp3) is 0.200. The monoisotopic (exact) mass is 411 g/mol. The number of hydrogen-bond donors (Lipinski definition) is 1. The van der Waals surface area contributed by atoms with Crippen molar-refractivity contribution in [3.8, 4) is 0 Å². The summed E-state index contributed by atoms with van der Waals surface area (Å²) in [5.41, 5.74) is 4.56. The Kier molecular flexibility index (Phi) is 5.14. The molecule has 0 spiro atoms. The predicted molar refractivity (Wildman–Crippen MR) is 111 cm³/mol. The number of rotatable bonds is 5. The first-order valence-electron chi connectivity index (χ1n) is 7.76. The molecule has 0 bridgehead atoms. The summed E-state index contributed by atoms with van der Waals surface area (Å²) in [6.07, 6.45) is 1.71. The molecule has 0 aromatic heterocycles. The van der Waals surface area contributed by atoms with Gasteiger partial charge in [0.05, 0.1) is 0 Å². The maximum atomic E-state index is 6.54. The number of benzene rings is 2. The molecule has 2 aromatic carbocycles. The third-order valence-electron chi connectivity index (χ3n) is 4.37. The number of halogens is 4. The molecule has 3 rings (SSSR count). The normalized spacial score (nSPS) is 20.8. The third-order valence-corrected chi connectivity index (χ3v) is 5.88. The second kappa shape index (κ2) is 6.89. The van der Waals surface area contributed by atoms with Crippen molar-refractivity contribution in [2.24, 2.45) is 5.92 Å². The van der Waals surface area contributed by atoms with E-state index in [0.29, 0.717) is 10.0 Å². The van der Waals surface area contributed by atoms with Crippen molar-refractivity contribution >= 4 is 58.2 Å². The molecule has 0 radical (unpaired) electrons. The fourth-order valence-corrected chi connectivity index (χ4v) is 4.55. The van der Waals surface area contributed by atoms with Crippen molar-refractivity contribution in [1.29, 1.82) is 0 Å². The van der Waals surface area contributed by atoms with Crippen LogP contribution in [0, 0.1) is 12.8 Å². The van der Waals surface area contributed by atoms with Gasteiger partial charge < -0.3 is 5.32 Å². The standard InChI is InChI=1S/C20H17Cl4N/c1-4-13-10-16(5-6-17(13)22)25-12(3)18-19(20(18,23)24)14-7-11(2)8-15(21)9-14/h4-10,18-19,25H,1,3H2,2H3. The molecule has 0 saturated heterocycles. The Labute approximate surface area is 168 Å². The first-order valence-corrected chi connectivity index (χ1v) is 9.28. The summed E-state index contributed by atoms with van der Waals surface area (Å²) in [5.74, 6) is -0.170. The van der Waals surface area contributed by atoms with E-state index < -0.39 is 4.33 Å². The molecular weight excluding hydrogens is 396 g/mol. The molecule has 2 unspecified atom stereocenters. The van der Waals surface area contributed by atoms with E-state index in [1.165, 1.54) is 0 Å². The fourth-order valence-electron chi connectivity index (χ4n) is 3.16. The molecule has 0 aliphatic heterocycles. The van der Waals surface area contributed by atoms with Gasteiger partial charge in [0.2, 0.25) is 0 Å². The third kappa shape index (κ3) is 3.71. The summed E-state index contributed by atoms with van der Waals surface area (Å²) in [7, 11) is 0. The summed E-state index contributed by atoms with van der Waals surface area (Å²) in [5, 5.41) is 4.61. The van der Waals surface area contributed by atoms with Gasteiger partial charge in [0.15, 0.2) is 0 Å². The zero-order valence-electron chi connectivity index (χ0n) is 13.6. The maximum absolute atomic E-state index is 6.54. The first-order chi connectivity index (χ1) is 11.7. The van der Waals surface area contributed by atoms with E-state index >= 15 is 0 Å². The van der Waals surface area contributed by atoms with E-state index in [4.69, 9.17) is 46.4 Å². The van der Waals surface area contributed by atoms with Crippen LogP contribution in [0.15, 0.2) is 55.3 Å². The Morgan fingerprint density at radius 3 is 2.52 bits per heavy atom. The lowest BCUT2D eigenvalue weighted by Crippen LogP contribution is -2.04. The van der Waals surface area contributed by atoms with Crippen molar-refractivity contribution < 1.29 is 0 Å². The Morgan fingerprint density at radius 1 is 1.16 bits per heavy atom. The molecule has 1 aliphatic rings. The van der Waals surface area contributed by atoms with Crippen LogP contribution in [0.4, 0.5) is 5.69 Å². The van der Waals surface area contributed by atoms with E-state index in [1.54, 1.807) is 6.08 Å². The van der Waals surface area contributed by atoms with Gasteiger partial charge in [-0.3, -0.25) is 0 Å². The average molecular weight is 413 g/mol. The zero-order chi connectivity index (χ0) is 18.4. The minimum absolute atomic E-state index is 0.0561. The summed E-state index contributed by atoms with van der Waals surface area (Å²) < 4.78 is -0.908. The molecule has 1 nitrogen and oxygen atoms in total. The van der Waals surface area contributed by atoms with Gasteiger partial charge in [0.1, 0.15) is 4.33 Å². The molecule has 2 aromatic rings. The number of anilines is 1. The van der Waals surface area contributed by atoms with Gasteiger partial charge >= 0.3 is 0 Å². The van der Waals surface area contributed by atoms with E-state index in [2.05, 4.69) is 24.5 Å². The van der Waals surface area contributed by atoms with E-state index in [0.717, 1.165) is 28.1 Å². The van der Waals surface area contributed by atoms with E-state index in [-0.39, 0.29) is 11.8 Å². The number of alkyl halides is 2. The van der Waals surface area contributed by atoms with Crippen molar-refractivity contribution in [2.45, 2.75) is 17.2 Å². The minimum Gasteiger partial charge on any atom is -0.359 e. The summed E-state index contributed by atoms with van der Waals surface area (Å²) in [6.45, 7) is 9.89. The largest absolute Gasteiger partial charge is 0.359 e. The SMILES string of the molecule is C=Cc1cc(NC(=C)C2C(c3cc(C)cc(Cl)c3)C2(Cl)Cl)ccc1Cl. The Morgan fingerprint density at radius 2 is 1.88 bits per heavy atom. The van der Waals surface area contributed by atoms with Gasteiger partial charge in [-0.05, 0) is 53.9 Å². The molecule has 0 heterocycles. The highest BCUT2D eigenvalue weighted by Crippen LogP contribution is 2.67. The van der Waals surface area contributed by atoms with E-state index in [1.807, 2.05) is 37.3 Å². The second-order valence-electron chi connectivity index (χ2n) is 6.28. The molecule has 130 valence electrons. The van der Waals surface area contributed by atoms with Crippen molar-refractivity contribution in [3.63, 3.8) is 0 Å². The molecule has 1 saturated carbocycles. The van der Waals surface area contributed by atoms with Crippen LogP contribution in [0.25, 0.3) is 6.08 Å². The molecule has 1 aliphatic carbocycles. The molecule has 25 heavy (non-hydrogen) atoms. The lowest BCUT2D eigenvalue weighted by atomic mass is 10.1. The summed E-state index contributed by atoms with van der Waals surface area (Å²) in [4.78, 5) is 0. The summed E-state index contributed by atoms with van der Waals surface area (Å²) >= 11 is 25.4. The molecular formula is C20H17Cl4N.